The molecule has 1 aromatic carbocycles. The quantitative estimate of drug-likeness (QED) is 0.155. The third-order valence-electron chi connectivity index (χ3n) is 11.3. The Labute approximate surface area is 342 Å². The predicted molar refractivity (Wildman–Crippen MR) is 220 cm³/mol. The number of imidazole rings is 1. The number of hydrogen-bond acceptors (Lipinski definition) is 10. The number of phenolic OH excluding ortho intramolecular Hbond substituents is 1. The molecule has 1 unspecified atom stereocenters. The van der Waals surface area contributed by atoms with Crippen LogP contribution < -0.4 is 27.0 Å². The fourth-order valence-electron chi connectivity index (χ4n) is 7.66. The van der Waals surface area contributed by atoms with Crippen molar-refractivity contribution in [1.29, 1.82) is 0 Å². The monoisotopic (exact) mass is 804 g/mol. The summed E-state index contributed by atoms with van der Waals surface area (Å²) in [4.78, 5) is 91.1. The van der Waals surface area contributed by atoms with Crippen LogP contribution in [0.5, 0.6) is 5.75 Å². The van der Waals surface area contributed by atoms with Crippen molar-refractivity contribution < 1.29 is 33.9 Å². The Bertz CT molecular complexity index is 1750. The topological polar surface area (TPSA) is 229 Å². The van der Waals surface area contributed by atoms with Crippen LogP contribution in [0.25, 0.3) is 0 Å². The number of carbonyl (C=O) groups excluding carboxylic acids is 6. The van der Waals surface area contributed by atoms with Gasteiger partial charge in [-0.15, -0.1) is 0 Å². The van der Waals surface area contributed by atoms with E-state index in [0.717, 1.165) is 0 Å². The first-order valence-electron chi connectivity index (χ1n) is 20.8. The Hall–Kier alpha value is -4.89. The molecule has 1 fully saturated rings. The Morgan fingerprint density at radius 2 is 1.83 bits per heavy atom. The van der Waals surface area contributed by atoms with Crippen LogP contribution in [0, 0.1) is 17.8 Å². The van der Waals surface area contributed by atoms with Gasteiger partial charge < -0.3 is 42.0 Å². The van der Waals surface area contributed by atoms with Gasteiger partial charge >= 0.3 is 0 Å². The van der Waals surface area contributed by atoms with Crippen LogP contribution in [0.1, 0.15) is 96.4 Å². The average Bonchev–Trinajstić information content (AvgIpc) is 3.90. The van der Waals surface area contributed by atoms with E-state index in [1.807, 2.05) is 39.8 Å². The first kappa shape index (κ1) is 45.8. The van der Waals surface area contributed by atoms with Crippen LogP contribution in [-0.4, -0.2) is 105 Å². The third-order valence-corrected chi connectivity index (χ3v) is 11.3. The maximum atomic E-state index is 14.4. The van der Waals surface area contributed by atoms with E-state index in [4.69, 9.17) is 5.73 Å². The van der Waals surface area contributed by atoms with Gasteiger partial charge in [0.25, 0.3) is 0 Å². The molecular formula is C43H64N8O7. The Morgan fingerprint density at radius 3 is 2.52 bits per heavy atom. The van der Waals surface area contributed by atoms with E-state index in [1.54, 1.807) is 24.4 Å². The van der Waals surface area contributed by atoms with Crippen LogP contribution in [0.15, 0.2) is 42.9 Å². The minimum atomic E-state index is -1.17. The van der Waals surface area contributed by atoms with Crippen molar-refractivity contribution in [1.82, 2.24) is 36.1 Å². The van der Waals surface area contributed by atoms with Crippen LogP contribution >= 0.6 is 0 Å². The molecule has 1 saturated heterocycles. The summed E-state index contributed by atoms with van der Waals surface area (Å²) in [6.07, 6.45) is 10.4. The number of hydrogen-bond donors (Lipinski definition) is 7. The van der Waals surface area contributed by atoms with Gasteiger partial charge in [0.15, 0.2) is 5.78 Å². The zero-order chi connectivity index (χ0) is 42.4. The summed E-state index contributed by atoms with van der Waals surface area (Å²) in [7, 11) is 0. The fourth-order valence-corrected chi connectivity index (χ4v) is 7.66. The van der Waals surface area contributed by atoms with Crippen LogP contribution in [0.3, 0.4) is 0 Å². The molecule has 2 aliphatic rings. The van der Waals surface area contributed by atoms with Gasteiger partial charge in [0.2, 0.25) is 23.6 Å². The molecule has 4 amide bonds. The fraction of sp³-hybridized carbons (Fsp3) is 0.605. The zero-order valence-corrected chi connectivity index (χ0v) is 34.7. The maximum Gasteiger partial charge on any atom is 0.246 e. The molecule has 2 aliphatic heterocycles. The van der Waals surface area contributed by atoms with E-state index in [-0.39, 0.29) is 55.0 Å². The molecule has 318 valence electrons. The van der Waals surface area contributed by atoms with Crippen molar-refractivity contribution >= 4 is 35.2 Å². The highest BCUT2D eigenvalue weighted by molar-refractivity contribution is 5.97. The van der Waals surface area contributed by atoms with Crippen molar-refractivity contribution in [3.63, 3.8) is 0 Å². The molecule has 0 spiro atoms. The molecular weight excluding hydrogens is 741 g/mol. The number of amides is 4. The van der Waals surface area contributed by atoms with Crippen LogP contribution in [0.4, 0.5) is 0 Å². The number of nitrogens with zero attached hydrogens (tertiary/aromatic N) is 2. The number of rotatable bonds is 12. The van der Waals surface area contributed by atoms with E-state index in [9.17, 15) is 33.9 Å². The lowest BCUT2D eigenvalue weighted by Crippen LogP contribution is -2.59. The molecule has 58 heavy (non-hydrogen) atoms. The number of carbonyl (C=O) groups is 6. The second kappa shape index (κ2) is 22.3. The highest BCUT2D eigenvalue weighted by Gasteiger charge is 2.40. The van der Waals surface area contributed by atoms with Crippen molar-refractivity contribution in [2.75, 3.05) is 19.6 Å². The highest BCUT2D eigenvalue weighted by atomic mass is 16.3. The zero-order valence-electron chi connectivity index (χ0n) is 34.7. The smallest absolute Gasteiger partial charge is 0.246 e. The van der Waals surface area contributed by atoms with Gasteiger partial charge in [-0.2, -0.15) is 0 Å². The normalized spacial score (nSPS) is 23.1. The molecule has 4 rings (SSSR count). The minimum Gasteiger partial charge on any atom is -0.508 e. The predicted octanol–water partition coefficient (Wildman–Crippen LogP) is 2.41. The lowest BCUT2D eigenvalue weighted by Gasteiger charge is -2.31. The maximum absolute atomic E-state index is 14.4. The van der Waals surface area contributed by atoms with Gasteiger partial charge in [-0.25, -0.2) is 4.98 Å². The number of H-pyrrole nitrogens is 1. The van der Waals surface area contributed by atoms with E-state index in [2.05, 4.69) is 31.2 Å². The first-order chi connectivity index (χ1) is 27.7. The number of phenols is 1. The number of ketones is 2. The van der Waals surface area contributed by atoms with Gasteiger partial charge in [0, 0.05) is 50.2 Å². The number of benzene rings is 1. The molecule has 8 N–H and O–H groups in total. The molecule has 15 heteroatoms. The van der Waals surface area contributed by atoms with E-state index < -0.39 is 59.8 Å². The number of aromatic nitrogens is 2. The molecule has 0 aliphatic carbocycles. The second-order valence-corrected chi connectivity index (χ2v) is 16.4. The minimum absolute atomic E-state index is 0.00944. The van der Waals surface area contributed by atoms with E-state index in [0.29, 0.717) is 74.9 Å². The summed E-state index contributed by atoms with van der Waals surface area (Å²) < 4.78 is 0. The van der Waals surface area contributed by atoms with Crippen molar-refractivity contribution in [3.8, 4) is 5.75 Å². The Balaban J connectivity index is 1.68. The molecule has 1 aromatic heterocycles. The van der Waals surface area contributed by atoms with Crippen molar-refractivity contribution in [2.45, 2.75) is 129 Å². The van der Waals surface area contributed by atoms with E-state index in [1.165, 1.54) is 18.2 Å². The molecule has 0 saturated carbocycles. The number of fused-ring (bicyclic) bond motifs is 3. The van der Waals surface area contributed by atoms with Crippen LogP contribution in [0.2, 0.25) is 0 Å². The lowest BCUT2D eigenvalue weighted by molar-refractivity contribution is -0.142. The summed E-state index contributed by atoms with van der Waals surface area (Å²) >= 11 is 0. The summed E-state index contributed by atoms with van der Waals surface area (Å²) in [6, 6.07) is 0.112. The average molecular weight is 805 g/mol. The largest absolute Gasteiger partial charge is 0.508 e. The number of nitrogens with one attached hydrogen (secondary N) is 5. The summed E-state index contributed by atoms with van der Waals surface area (Å²) in [5, 5.41) is 22.7. The highest BCUT2D eigenvalue weighted by Crippen LogP contribution is 2.24. The molecule has 0 radical (unpaired) electrons. The van der Waals surface area contributed by atoms with Gasteiger partial charge in [0.1, 0.15) is 29.7 Å². The number of allylic oxidation sites excluding steroid dienone is 1. The number of Topliss-reactive ketones (excluding diaryl/α,β-unsaturated/α-hetero) is 2. The second-order valence-electron chi connectivity index (χ2n) is 16.4. The van der Waals surface area contributed by atoms with Crippen molar-refractivity contribution in [2.24, 2.45) is 23.5 Å². The SMILES string of the molecule is CCC(C)[C@H](NC(=O)[C@@H]1Cc2ccc(O)c(c2)CC=CCNCCC[C@H](N)C(=O)N[C@@H](Cc2cnc[nH]2)C(=O)N2CCC[C@H]2C(=O)N1)C(=O)C[C@@H](CC(C)C)C(C)=O. The number of aromatic hydroxyl groups is 1. The van der Waals surface area contributed by atoms with Crippen LogP contribution in [-0.2, 0) is 48.0 Å². The van der Waals surface area contributed by atoms with Gasteiger partial charge in [-0.3, -0.25) is 28.8 Å². The molecule has 15 nitrogen and oxygen atoms in total. The summed E-state index contributed by atoms with van der Waals surface area (Å²) in [6.45, 7) is 10.7. The first-order valence-corrected chi connectivity index (χ1v) is 20.8. The lowest BCUT2D eigenvalue weighted by atomic mass is 9.85. The number of aromatic amines is 1. The molecule has 7 atom stereocenters. The number of nitrogens with two attached hydrogens (primary N) is 1. The molecule has 3 heterocycles. The Kier molecular flexibility index (Phi) is 17.6. The van der Waals surface area contributed by atoms with E-state index >= 15 is 0 Å². The van der Waals surface area contributed by atoms with Crippen molar-refractivity contribution in [3.05, 3.63) is 59.7 Å². The third kappa shape index (κ3) is 13.3. The summed E-state index contributed by atoms with van der Waals surface area (Å²) in [5.74, 6) is -2.87. The summed E-state index contributed by atoms with van der Waals surface area (Å²) in [5.41, 5.74) is 8.18. The molecule has 2 aromatic rings. The molecule has 2 bridgehead atoms. The standard InChI is InChI=1S/C43H64N8O7/c1-6-27(4)39(38(54)22-31(28(5)52)19-26(2)3)50-41(56)34-21-29-14-15-37(53)30(20-29)11-7-8-16-45-17-9-12-33(44)40(55)49-35(23-32-24-46-25-47-32)43(58)51-18-10-13-36(51)42(57)48-34/h7-8,14-15,20,24-27,31,33-36,39,45,53H,6,9-13,16-19,21-23,44H2,1-5H3,(H,46,47)(H,48,57)(H,49,55)(H,50,56)/t27?,31-,33+,34+,35+,36+,39+/m1/s1. The Morgan fingerprint density at radius 1 is 1.05 bits per heavy atom. The van der Waals surface area contributed by atoms with Gasteiger partial charge in [0.05, 0.1) is 18.4 Å². The van der Waals surface area contributed by atoms with Gasteiger partial charge in [-0.05, 0) is 81.0 Å². The van der Waals surface area contributed by atoms with Gasteiger partial charge in [-0.1, -0.05) is 58.4 Å².